The highest BCUT2D eigenvalue weighted by molar-refractivity contribution is 5.95. The predicted molar refractivity (Wildman–Crippen MR) is 97.7 cm³/mol. The molecule has 6 heteroatoms. The second kappa shape index (κ2) is 7.89. The largest absolute Gasteiger partial charge is 0.452 e. The number of ether oxygens (including phenoxy) is 1. The first kappa shape index (κ1) is 18.4. The number of likely N-dealkylation sites (tertiary alicyclic amines) is 1. The van der Waals surface area contributed by atoms with E-state index in [9.17, 15) is 14.4 Å². The van der Waals surface area contributed by atoms with Crippen molar-refractivity contribution in [3.8, 4) is 0 Å². The van der Waals surface area contributed by atoms with Crippen LogP contribution >= 0.6 is 0 Å². The van der Waals surface area contributed by atoms with Gasteiger partial charge in [-0.15, -0.1) is 0 Å². The Balaban J connectivity index is 1.51. The van der Waals surface area contributed by atoms with Crippen molar-refractivity contribution in [1.82, 2.24) is 4.90 Å². The maximum Gasteiger partial charge on any atom is 0.338 e. The minimum absolute atomic E-state index is 0.0238. The first-order valence-corrected chi connectivity index (χ1v) is 9.35. The van der Waals surface area contributed by atoms with E-state index in [4.69, 9.17) is 4.74 Å². The maximum absolute atomic E-state index is 12.4. The summed E-state index contributed by atoms with van der Waals surface area (Å²) in [5, 5.41) is 2.82. The molecule has 2 atom stereocenters. The second-order valence-corrected chi connectivity index (χ2v) is 7.35. The number of esters is 1. The SMILES string of the molecule is CC1CCCC(C)N1C(=O)COC(=O)c1ccc(NC(=O)C2CC2)cc1. The lowest BCUT2D eigenvalue weighted by atomic mass is 9.97. The molecule has 1 aliphatic carbocycles. The van der Waals surface area contributed by atoms with Crippen LogP contribution < -0.4 is 5.32 Å². The molecule has 2 amide bonds. The van der Waals surface area contributed by atoms with Gasteiger partial charge in [-0.25, -0.2) is 4.79 Å². The van der Waals surface area contributed by atoms with Crippen molar-refractivity contribution in [3.05, 3.63) is 29.8 Å². The van der Waals surface area contributed by atoms with Crippen molar-refractivity contribution < 1.29 is 19.1 Å². The normalized spacial score (nSPS) is 22.6. The Morgan fingerprint density at radius 1 is 1.04 bits per heavy atom. The number of anilines is 1. The highest BCUT2D eigenvalue weighted by Gasteiger charge is 2.30. The van der Waals surface area contributed by atoms with Gasteiger partial charge in [-0.2, -0.15) is 0 Å². The molecule has 1 saturated carbocycles. The third kappa shape index (κ3) is 4.42. The van der Waals surface area contributed by atoms with E-state index in [0.29, 0.717) is 11.3 Å². The van der Waals surface area contributed by atoms with Gasteiger partial charge in [0.1, 0.15) is 0 Å². The number of nitrogens with one attached hydrogen (secondary N) is 1. The molecule has 140 valence electrons. The van der Waals surface area contributed by atoms with Gasteiger partial charge in [0.2, 0.25) is 5.91 Å². The van der Waals surface area contributed by atoms with E-state index in [1.807, 2.05) is 18.7 Å². The fourth-order valence-corrected chi connectivity index (χ4v) is 3.48. The molecule has 0 radical (unpaired) electrons. The lowest BCUT2D eigenvalue weighted by Gasteiger charge is -2.38. The van der Waals surface area contributed by atoms with E-state index in [-0.39, 0.29) is 36.4 Å². The van der Waals surface area contributed by atoms with Crippen LogP contribution in [0.15, 0.2) is 24.3 Å². The van der Waals surface area contributed by atoms with Crippen molar-refractivity contribution >= 4 is 23.5 Å². The Bertz CT molecular complexity index is 672. The molecule has 3 rings (SSSR count). The monoisotopic (exact) mass is 358 g/mol. The molecule has 1 aliphatic heterocycles. The number of piperidine rings is 1. The highest BCUT2D eigenvalue weighted by Crippen LogP contribution is 2.30. The summed E-state index contributed by atoms with van der Waals surface area (Å²) in [6.45, 7) is 3.82. The average Bonchev–Trinajstić information content (AvgIpc) is 3.45. The zero-order chi connectivity index (χ0) is 18.7. The van der Waals surface area contributed by atoms with Crippen molar-refractivity contribution in [1.29, 1.82) is 0 Å². The number of amides is 2. The lowest BCUT2D eigenvalue weighted by molar-refractivity contribution is -0.140. The molecule has 1 aromatic rings. The molecule has 0 spiro atoms. The quantitative estimate of drug-likeness (QED) is 0.821. The van der Waals surface area contributed by atoms with Crippen molar-refractivity contribution in [2.75, 3.05) is 11.9 Å². The lowest BCUT2D eigenvalue weighted by Crippen LogP contribution is -2.49. The molecule has 6 nitrogen and oxygen atoms in total. The first-order chi connectivity index (χ1) is 12.5. The molecule has 2 fully saturated rings. The van der Waals surface area contributed by atoms with E-state index in [1.165, 1.54) is 0 Å². The van der Waals surface area contributed by atoms with Crippen molar-refractivity contribution in [2.24, 2.45) is 5.92 Å². The number of nitrogens with zero attached hydrogens (tertiary/aromatic N) is 1. The molecule has 1 aromatic carbocycles. The van der Waals surface area contributed by atoms with E-state index < -0.39 is 5.97 Å². The number of hydrogen-bond donors (Lipinski definition) is 1. The number of benzene rings is 1. The van der Waals surface area contributed by atoms with Gasteiger partial charge in [0, 0.05) is 23.7 Å². The third-order valence-corrected chi connectivity index (χ3v) is 5.14. The van der Waals surface area contributed by atoms with E-state index in [1.54, 1.807) is 24.3 Å². The van der Waals surface area contributed by atoms with Crippen LogP contribution in [0.2, 0.25) is 0 Å². The van der Waals surface area contributed by atoms with Crippen LogP contribution in [0.1, 0.15) is 56.3 Å². The fourth-order valence-electron chi connectivity index (χ4n) is 3.48. The Hall–Kier alpha value is -2.37. The molecule has 1 saturated heterocycles. The van der Waals surface area contributed by atoms with Gasteiger partial charge in [0.15, 0.2) is 6.61 Å². The van der Waals surface area contributed by atoms with Crippen LogP contribution in [0.3, 0.4) is 0 Å². The summed E-state index contributed by atoms with van der Waals surface area (Å²) in [4.78, 5) is 38.1. The summed E-state index contributed by atoms with van der Waals surface area (Å²) in [6.07, 6.45) is 4.97. The number of carbonyl (C=O) groups is 3. The predicted octanol–water partition coefficient (Wildman–Crippen LogP) is 2.98. The molecule has 0 aromatic heterocycles. The molecule has 26 heavy (non-hydrogen) atoms. The van der Waals surface area contributed by atoms with Gasteiger partial charge < -0.3 is 15.0 Å². The van der Waals surface area contributed by atoms with Crippen LogP contribution in [0, 0.1) is 5.92 Å². The minimum atomic E-state index is -0.532. The summed E-state index contributed by atoms with van der Waals surface area (Å²) in [6, 6.07) is 6.91. The third-order valence-electron chi connectivity index (χ3n) is 5.14. The van der Waals surface area contributed by atoms with Crippen LogP contribution in [0.5, 0.6) is 0 Å². The summed E-state index contributed by atoms with van der Waals surface area (Å²) in [7, 11) is 0. The van der Waals surface area contributed by atoms with Gasteiger partial charge in [0.25, 0.3) is 5.91 Å². The topological polar surface area (TPSA) is 75.7 Å². The maximum atomic E-state index is 12.4. The highest BCUT2D eigenvalue weighted by atomic mass is 16.5. The summed E-state index contributed by atoms with van der Waals surface area (Å²) in [5.74, 6) is -0.525. The van der Waals surface area contributed by atoms with Gasteiger partial charge in [-0.05, 0) is 70.2 Å². The van der Waals surface area contributed by atoms with Crippen molar-refractivity contribution in [2.45, 2.75) is 58.0 Å². The molecule has 0 bridgehead atoms. The van der Waals surface area contributed by atoms with Gasteiger partial charge in [-0.1, -0.05) is 0 Å². The number of rotatable bonds is 5. The standard InChI is InChI=1S/C20H26N2O4/c1-13-4-3-5-14(2)22(13)18(23)12-26-20(25)16-8-10-17(11-9-16)21-19(24)15-6-7-15/h8-11,13-15H,3-7,12H2,1-2H3,(H,21,24). The molecule has 1 N–H and O–H groups in total. The zero-order valence-electron chi connectivity index (χ0n) is 15.4. The summed E-state index contributed by atoms with van der Waals surface area (Å²) < 4.78 is 5.19. The fraction of sp³-hybridized carbons (Fsp3) is 0.550. The Labute approximate surface area is 153 Å². The molecule has 2 unspecified atom stereocenters. The zero-order valence-corrected chi connectivity index (χ0v) is 15.4. The van der Waals surface area contributed by atoms with E-state index in [2.05, 4.69) is 5.32 Å². The molecular weight excluding hydrogens is 332 g/mol. The van der Waals surface area contributed by atoms with Crippen LogP contribution in [-0.2, 0) is 14.3 Å². The summed E-state index contributed by atoms with van der Waals surface area (Å²) in [5.41, 5.74) is 1.02. The Kier molecular flexibility index (Phi) is 5.59. The average molecular weight is 358 g/mol. The van der Waals surface area contributed by atoms with Gasteiger partial charge in [-0.3, -0.25) is 9.59 Å². The number of hydrogen-bond acceptors (Lipinski definition) is 4. The first-order valence-electron chi connectivity index (χ1n) is 9.35. The van der Waals surface area contributed by atoms with Crippen LogP contribution in [0.4, 0.5) is 5.69 Å². The van der Waals surface area contributed by atoms with Crippen LogP contribution in [-0.4, -0.2) is 41.4 Å². The van der Waals surface area contributed by atoms with Crippen LogP contribution in [0.25, 0.3) is 0 Å². The van der Waals surface area contributed by atoms with Gasteiger partial charge >= 0.3 is 5.97 Å². The molecular formula is C20H26N2O4. The summed E-state index contributed by atoms with van der Waals surface area (Å²) >= 11 is 0. The minimum Gasteiger partial charge on any atom is -0.452 e. The van der Waals surface area contributed by atoms with E-state index >= 15 is 0 Å². The number of carbonyl (C=O) groups excluding carboxylic acids is 3. The Morgan fingerprint density at radius 2 is 1.65 bits per heavy atom. The smallest absolute Gasteiger partial charge is 0.338 e. The van der Waals surface area contributed by atoms with Crippen molar-refractivity contribution in [3.63, 3.8) is 0 Å². The Morgan fingerprint density at radius 3 is 2.23 bits per heavy atom. The molecule has 1 heterocycles. The van der Waals surface area contributed by atoms with Gasteiger partial charge in [0.05, 0.1) is 5.56 Å². The molecule has 2 aliphatic rings. The van der Waals surface area contributed by atoms with E-state index in [0.717, 1.165) is 32.1 Å². The second-order valence-electron chi connectivity index (χ2n) is 7.35.